The highest BCUT2D eigenvalue weighted by Gasteiger charge is 2.19. The van der Waals surface area contributed by atoms with Crippen LogP contribution in [0.5, 0.6) is 11.5 Å². The van der Waals surface area contributed by atoms with Crippen molar-refractivity contribution in [2.24, 2.45) is 0 Å². The minimum absolute atomic E-state index is 0. The third-order valence-electron chi connectivity index (χ3n) is 4.12. The highest BCUT2D eigenvalue weighted by atomic mass is 35.5. The number of hydrogen-bond acceptors (Lipinski definition) is 4. The molecule has 0 atom stereocenters. The summed E-state index contributed by atoms with van der Waals surface area (Å²) >= 11 is 5.89. The summed E-state index contributed by atoms with van der Waals surface area (Å²) in [5.41, 5.74) is 1.62. The lowest BCUT2D eigenvalue weighted by atomic mass is 10.1. The number of amides is 1. The zero-order valence-corrected chi connectivity index (χ0v) is 16.1. The number of halogens is 2. The van der Waals surface area contributed by atoms with Crippen molar-refractivity contribution >= 4 is 29.9 Å². The number of nitrogens with zero attached hydrogens (tertiary/aromatic N) is 1. The average molecular weight is 397 g/mol. The van der Waals surface area contributed by atoms with Gasteiger partial charge in [-0.15, -0.1) is 12.4 Å². The van der Waals surface area contributed by atoms with Crippen LogP contribution in [-0.4, -0.2) is 44.1 Å². The van der Waals surface area contributed by atoms with E-state index < -0.39 is 0 Å². The summed E-state index contributed by atoms with van der Waals surface area (Å²) in [7, 11) is 1.57. The Kier molecular flexibility index (Phi) is 7.57. The number of carbonyl (C=O) groups is 1. The van der Waals surface area contributed by atoms with Crippen molar-refractivity contribution < 1.29 is 14.3 Å². The normalized spacial score (nSPS) is 13.7. The Morgan fingerprint density at radius 3 is 2.46 bits per heavy atom. The molecule has 1 N–H and O–H groups in total. The van der Waals surface area contributed by atoms with Gasteiger partial charge in [0.15, 0.2) is 11.5 Å². The number of hydrogen-bond donors (Lipinski definition) is 1. The number of piperazine rings is 1. The third-order valence-corrected chi connectivity index (χ3v) is 4.37. The van der Waals surface area contributed by atoms with Crippen LogP contribution in [0.2, 0.25) is 5.02 Å². The van der Waals surface area contributed by atoms with Crippen LogP contribution >= 0.6 is 24.0 Å². The van der Waals surface area contributed by atoms with Crippen molar-refractivity contribution in [2.45, 2.75) is 6.61 Å². The van der Waals surface area contributed by atoms with Crippen LogP contribution in [-0.2, 0) is 6.61 Å². The molecule has 1 saturated heterocycles. The van der Waals surface area contributed by atoms with Gasteiger partial charge in [0, 0.05) is 36.8 Å². The van der Waals surface area contributed by atoms with Gasteiger partial charge in [0.05, 0.1) is 7.11 Å². The molecule has 140 valence electrons. The Morgan fingerprint density at radius 1 is 1.12 bits per heavy atom. The van der Waals surface area contributed by atoms with E-state index in [9.17, 15) is 4.79 Å². The standard InChI is InChI=1S/C19H21ClN2O3.ClH/c1-24-18-12-15(19(23)22-10-8-21-9-11-22)4-7-17(18)25-13-14-2-5-16(20)6-3-14;/h2-7,12,21H,8-11,13H2,1H3;1H. The van der Waals surface area contributed by atoms with Crippen LogP contribution < -0.4 is 14.8 Å². The topological polar surface area (TPSA) is 50.8 Å². The zero-order valence-electron chi connectivity index (χ0n) is 14.5. The molecule has 0 aromatic heterocycles. The molecule has 1 aliphatic rings. The maximum atomic E-state index is 12.6. The Labute approximate surface area is 164 Å². The molecule has 2 aromatic carbocycles. The molecular formula is C19H22Cl2N2O3. The second-order valence-corrected chi connectivity index (χ2v) is 6.26. The third kappa shape index (κ3) is 5.04. The van der Waals surface area contributed by atoms with Crippen LogP contribution in [0.25, 0.3) is 0 Å². The van der Waals surface area contributed by atoms with E-state index in [0.29, 0.717) is 28.7 Å². The van der Waals surface area contributed by atoms with Gasteiger partial charge in [-0.3, -0.25) is 4.79 Å². The van der Waals surface area contributed by atoms with Gasteiger partial charge in [0.25, 0.3) is 5.91 Å². The Balaban J connectivity index is 0.00000243. The van der Waals surface area contributed by atoms with E-state index in [1.165, 1.54) is 0 Å². The number of benzene rings is 2. The van der Waals surface area contributed by atoms with Gasteiger partial charge in [0.2, 0.25) is 0 Å². The molecule has 0 radical (unpaired) electrons. The van der Waals surface area contributed by atoms with Crippen LogP contribution in [0.3, 0.4) is 0 Å². The fraction of sp³-hybridized carbons (Fsp3) is 0.316. The lowest BCUT2D eigenvalue weighted by molar-refractivity contribution is 0.0735. The number of carbonyl (C=O) groups excluding carboxylic acids is 1. The van der Waals surface area contributed by atoms with E-state index in [1.807, 2.05) is 29.2 Å². The smallest absolute Gasteiger partial charge is 0.254 e. The summed E-state index contributed by atoms with van der Waals surface area (Å²) in [4.78, 5) is 14.4. The number of ether oxygens (including phenoxy) is 2. The van der Waals surface area contributed by atoms with E-state index in [2.05, 4.69) is 5.32 Å². The fourth-order valence-electron chi connectivity index (χ4n) is 2.71. The molecule has 3 rings (SSSR count). The van der Waals surface area contributed by atoms with Crippen molar-refractivity contribution in [2.75, 3.05) is 33.3 Å². The van der Waals surface area contributed by atoms with Gasteiger partial charge in [-0.05, 0) is 35.9 Å². The molecule has 26 heavy (non-hydrogen) atoms. The highest BCUT2D eigenvalue weighted by molar-refractivity contribution is 6.30. The lowest BCUT2D eigenvalue weighted by Crippen LogP contribution is -2.46. The van der Waals surface area contributed by atoms with E-state index in [4.69, 9.17) is 21.1 Å². The molecule has 0 unspecified atom stereocenters. The number of nitrogens with one attached hydrogen (secondary N) is 1. The molecule has 7 heteroatoms. The van der Waals surface area contributed by atoms with Crippen LogP contribution in [0.15, 0.2) is 42.5 Å². The van der Waals surface area contributed by atoms with Gasteiger partial charge in [-0.1, -0.05) is 23.7 Å². The molecule has 0 spiro atoms. The van der Waals surface area contributed by atoms with Crippen molar-refractivity contribution in [1.29, 1.82) is 0 Å². The van der Waals surface area contributed by atoms with E-state index in [-0.39, 0.29) is 18.3 Å². The van der Waals surface area contributed by atoms with Gasteiger partial charge >= 0.3 is 0 Å². The molecule has 2 aromatic rings. The van der Waals surface area contributed by atoms with Crippen LogP contribution in [0.1, 0.15) is 15.9 Å². The molecule has 1 fully saturated rings. The Bertz CT molecular complexity index is 732. The second-order valence-electron chi connectivity index (χ2n) is 5.82. The zero-order chi connectivity index (χ0) is 17.6. The molecule has 0 aliphatic carbocycles. The predicted molar refractivity (Wildman–Crippen MR) is 105 cm³/mol. The minimum atomic E-state index is 0. The number of methoxy groups -OCH3 is 1. The van der Waals surface area contributed by atoms with Crippen molar-refractivity contribution in [3.05, 3.63) is 58.6 Å². The summed E-state index contributed by atoms with van der Waals surface area (Å²) in [6, 6.07) is 12.8. The Hall–Kier alpha value is -1.95. The average Bonchev–Trinajstić information content (AvgIpc) is 2.67. The maximum Gasteiger partial charge on any atom is 0.254 e. The van der Waals surface area contributed by atoms with Crippen LogP contribution in [0, 0.1) is 0 Å². The lowest BCUT2D eigenvalue weighted by Gasteiger charge is -2.27. The molecule has 1 heterocycles. The predicted octanol–water partition coefficient (Wildman–Crippen LogP) is 3.39. The second kappa shape index (κ2) is 9.67. The SMILES string of the molecule is COc1cc(C(=O)N2CCNCC2)ccc1OCc1ccc(Cl)cc1.Cl. The molecule has 5 nitrogen and oxygen atoms in total. The largest absolute Gasteiger partial charge is 0.493 e. The van der Waals surface area contributed by atoms with Gasteiger partial charge < -0.3 is 19.7 Å². The van der Waals surface area contributed by atoms with Crippen molar-refractivity contribution in [1.82, 2.24) is 10.2 Å². The monoisotopic (exact) mass is 396 g/mol. The van der Waals surface area contributed by atoms with E-state index in [0.717, 1.165) is 31.7 Å². The molecule has 1 amide bonds. The van der Waals surface area contributed by atoms with Crippen molar-refractivity contribution in [3.63, 3.8) is 0 Å². The molecule has 0 bridgehead atoms. The minimum Gasteiger partial charge on any atom is -0.493 e. The van der Waals surface area contributed by atoms with Crippen molar-refractivity contribution in [3.8, 4) is 11.5 Å². The number of rotatable bonds is 5. The van der Waals surface area contributed by atoms with Gasteiger partial charge in [-0.25, -0.2) is 0 Å². The van der Waals surface area contributed by atoms with E-state index in [1.54, 1.807) is 25.3 Å². The first-order valence-corrected chi connectivity index (χ1v) is 8.60. The molecular weight excluding hydrogens is 375 g/mol. The first-order chi connectivity index (χ1) is 12.2. The maximum absolute atomic E-state index is 12.6. The van der Waals surface area contributed by atoms with Gasteiger partial charge in [0.1, 0.15) is 6.61 Å². The summed E-state index contributed by atoms with van der Waals surface area (Å²) < 4.78 is 11.2. The Morgan fingerprint density at radius 2 is 1.81 bits per heavy atom. The molecule has 0 saturated carbocycles. The van der Waals surface area contributed by atoms with Gasteiger partial charge in [-0.2, -0.15) is 0 Å². The van der Waals surface area contributed by atoms with Crippen LogP contribution in [0.4, 0.5) is 0 Å². The summed E-state index contributed by atoms with van der Waals surface area (Å²) in [6.45, 7) is 3.49. The molecule has 1 aliphatic heterocycles. The summed E-state index contributed by atoms with van der Waals surface area (Å²) in [5, 5.41) is 3.93. The summed E-state index contributed by atoms with van der Waals surface area (Å²) in [5.74, 6) is 1.17. The van der Waals surface area contributed by atoms with E-state index >= 15 is 0 Å². The first-order valence-electron chi connectivity index (χ1n) is 8.22. The fourth-order valence-corrected chi connectivity index (χ4v) is 2.84. The highest BCUT2D eigenvalue weighted by Crippen LogP contribution is 2.29. The first kappa shape index (κ1) is 20.4. The summed E-state index contributed by atoms with van der Waals surface area (Å²) in [6.07, 6.45) is 0. The quantitative estimate of drug-likeness (QED) is 0.841.